The van der Waals surface area contributed by atoms with Gasteiger partial charge in [0.05, 0.1) is 6.26 Å². The van der Waals surface area contributed by atoms with Gasteiger partial charge in [0.1, 0.15) is 11.6 Å². The van der Waals surface area contributed by atoms with E-state index in [0.717, 1.165) is 48.1 Å². The minimum absolute atomic E-state index is 0.0767. The van der Waals surface area contributed by atoms with Gasteiger partial charge in [-0.1, -0.05) is 13.3 Å². The summed E-state index contributed by atoms with van der Waals surface area (Å²) in [5.41, 5.74) is 4.44. The van der Waals surface area contributed by atoms with Gasteiger partial charge in [-0.15, -0.1) is 0 Å². The van der Waals surface area contributed by atoms with E-state index >= 15 is 0 Å². The van der Waals surface area contributed by atoms with Crippen molar-refractivity contribution in [2.24, 2.45) is 0 Å². The Morgan fingerprint density at radius 1 is 1.26 bits per heavy atom. The highest BCUT2D eigenvalue weighted by Crippen LogP contribution is 2.38. The minimum Gasteiger partial charge on any atom is -0.465 e. The molecule has 19 heavy (non-hydrogen) atoms. The molecule has 1 aliphatic heterocycles. The van der Waals surface area contributed by atoms with E-state index in [1.807, 2.05) is 12.3 Å². The van der Waals surface area contributed by atoms with Crippen molar-refractivity contribution in [3.8, 4) is 0 Å². The lowest BCUT2D eigenvalue weighted by Crippen LogP contribution is -1.87. The summed E-state index contributed by atoms with van der Waals surface area (Å²) in [6.45, 7) is 2.20. The van der Waals surface area contributed by atoms with Gasteiger partial charge in [0.15, 0.2) is 0 Å². The summed E-state index contributed by atoms with van der Waals surface area (Å²) in [6, 6.07) is 3.40. The molecule has 0 amide bonds. The molecule has 0 aromatic heterocycles. The number of allylic oxidation sites excluding steroid dienone is 2. The molecular formula is C17H19FO. The Bertz CT molecular complexity index is 555. The van der Waals surface area contributed by atoms with Crippen molar-refractivity contribution in [3.63, 3.8) is 0 Å². The average molecular weight is 258 g/mol. The number of fused-ring (bicyclic) bond motifs is 1. The highest BCUT2D eigenvalue weighted by atomic mass is 19.1. The molecule has 0 N–H and O–H groups in total. The molecule has 2 aliphatic rings. The second-order valence-electron chi connectivity index (χ2n) is 5.33. The van der Waals surface area contributed by atoms with Crippen molar-refractivity contribution in [2.75, 3.05) is 0 Å². The normalized spacial score (nSPS) is 16.9. The van der Waals surface area contributed by atoms with Gasteiger partial charge in [-0.3, -0.25) is 0 Å². The third-order valence-electron chi connectivity index (χ3n) is 3.87. The van der Waals surface area contributed by atoms with Crippen molar-refractivity contribution >= 4 is 5.76 Å². The molecule has 1 aromatic carbocycles. The Hall–Kier alpha value is -1.57. The van der Waals surface area contributed by atoms with Crippen molar-refractivity contribution < 1.29 is 9.13 Å². The Morgan fingerprint density at radius 3 is 3.00 bits per heavy atom. The van der Waals surface area contributed by atoms with E-state index in [9.17, 15) is 4.39 Å². The van der Waals surface area contributed by atoms with Gasteiger partial charge in [-0.2, -0.15) is 0 Å². The van der Waals surface area contributed by atoms with Crippen LogP contribution in [0.2, 0.25) is 0 Å². The number of rotatable bonds is 4. The first-order valence-corrected chi connectivity index (χ1v) is 7.15. The summed E-state index contributed by atoms with van der Waals surface area (Å²) in [6.07, 6.45) is 10.5. The number of benzene rings is 1. The fraction of sp³-hybridized carbons (Fsp3) is 0.412. The largest absolute Gasteiger partial charge is 0.465 e. The van der Waals surface area contributed by atoms with Crippen LogP contribution in [-0.2, 0) is 11.2 Å². The van der Waals surface area contributed by atoms with Crippen LogP contribution in [0.1, 0.15) is 55.7 Å². The van der Waals surface area contributed by atoms with Gasteiger partial charge >= 0.3 is 0 Å². The number of hydrogen-bond acceptors (Lipinski definition) is 1. The molecule has 0 fully saturated rings. The molecular weight excluding hydrogens is 239 g/mol. The maximum Gasteiger partial charge on any atom is 0.130 e. The molecule has 3 rings (SSSR count). The van der Waals surface area contributed by atoms with Crippen LogP contribution in [0.3, 0.4) is 0 Å². The molecule has 0 saturated heterocycles. The molecule has 0 atom stereocenters. The maximum atomic E-state index is 13.3. The molecule has 1 heterocycles. The van der Waals surface area contributed by atoms with E-state index < -0.39 is 0 Å². The van der Waals surface area contributed by atoms with E-state index in [1.54, 1.807) is 6.07 Å². The average Bonchev–Trinajstić information content (AvgIpc) is 3.21. The summed E-state index contributed by atoms with van der Waals surface area (Å²) >= 11 is 0. The van der Waals surface area contributed by atoms with Crippen LogP contribution in [-0.4, -0.2) is 0 Å². The molecule has 1 aliphatic carbocycles. The topological polar surface area (TPSA) is 9.23 Å². The number of unbranched alkanes of at least 4 members (excludes halogenated alkanes) is 1. The zero-order valence-electron chi connectivity index (χ0n) is 11.3. The first kappa shape index (κ1) is 12.5. The molecule has 0 spiro atoms. The quantitative estimate of drug-likeness (QED) is 0.753. The lowest BCUT2D eigenvalue weighted by atomic mass is 10.1. The van der Waals surface area contributed by atoms with Gasteiger partial charge in [0.25, 0.3) is 0 Å². The summed E-state index contributed by atoms with van der Waals surface area (Å²) < 4.78 is 19.2. The summed E-state index contributed by atoms with van der Waals surface area (Å²) in [5.74, 6) is 0.826. The molecule has 0 radical (unpaired) electrons. The molecule has 0 unspecified atom stereocenters. The molecule has 2 heteroatoms. The Morgan fingerprint density at radius 2 is 2.16 bits per heavy atom. The van der Waals surface area contributed by atoms with Crippen molar-refractivity contribution in [1.82, 2.24) is 0 Å². The molecule has 1 nitrogen and oxygen atoms in total. The second kappa shape index (κ2) is 5.20. The van der Waals surface area contributed by atoms with Gasteiger partial charge in [-0.25, -0.2) is 4.39 Å². The van der Waals surface area contributed by atoms with Gasteiger partial charge < -0.3 is 4.74 Å². The van der Waals surface area contributed by atoms with Crippen molar-refractivity contribution in [3.05, 3.63) is 52.6 Å². The van der Waals surface area contributed by atoms with Gasteiger partial charge in [0, 0.05) is 12.0 Å². The first-order chi connectivity index (χ1) is 9.29. The summed E-state index contributed by atoms with van der Waals surface area (Å²) in [7, 11) is 0. The zero-order chi connectivity index (χ0) is 13.2. The van der Waals surface area contributed by atoms with E-state index in [4.69, 9.17) is 4.74 Å². The standard InChI is InChI=1S/C17H19FO/c1-2-3-5-12-6-4-7-17(19-11-12)13-8-9-16(18)15-10-14(13)15/h7-9,11H,2-6,10H2,1H3. The second-order valence-corrected chi connectivity index (χ2v) is 5.33. The maximum absolute atomic E-state index is 13.3. The third-order valence-corrected chi connectivity index (χ3v) is 3.87. The van der Waals surface area contributed by atoms with Crippen LogP contribution in [0.15, 0.2) is 30.0 Å². The van der Waals surface area contributed by atoms with Crippen LogP contribution >= 0.6 is 0 Å². The Kier molecular flexibility index (Phi) is 3.41. The van der Waals surface area contributed by atoms with E-state index in [2.05, 4.69) is 13.0 Å². The summed E-state index contributed by atoms with van der Waals surface area (Å²) in [5, 5.41) is 0. The fourth-order valence-corrected chi connectivity index (χ4v) is 2.61. The predicted octanol–water partition coefficient (Wildman–Crippen LogP) is 4.96. The fourth-order valence-electron chi connectivity index (χ4n) is 2.61. The predicted molar refractivity (Wildman–Crippen MR) is 75.1 cm³/mol. The Balaban J connectivity index is 1.76. The SMILES string of the molecule is CCCCC1=COC(c2ccc(F)c3c2C3)=CCC1. The molecule has 100 valence electrons. The Labute approximate surface area is 113 Å². The van der Waals surface area contributed by atoms with Gasteiger partial charge in [-0.05, 0) is 60.6 Å². The first-order valence-electron chi connectivity index (χ1n) is 7.15. The molecule has 0 saturated carbocycles. The number of halogens is 1. The van der Waals surface area contributed by atoms with Crippen molar-refractivity contribution in [1.29, 1.82) is 0 Å². The smallest absolute Gasteiger partial charge is 0.130 e. The van der Waals surface area contributed by atoms with Crippen LogP contribution in [0.25, 0.3) is 5.76 Å². The van der Waals surface area contributed by atoms with Crippen LogP contribution in [0, 0.1) is 5.82 Å². The zero-order valence-corrected chi connectivity index (χ0v) is 11.3. The van der Waals surface area contributed by atoms with Gasteiger partial charge in [0.2, 0.25) is 0 Å². The lowest BCUT2D eigenvalue weighted by molar-refractivity contribution is 0.430. The number of ether oxygens (including phenoxy) is 1. The van der Waals surface area contributed by atoms with Crippen LogP contribution in [0.5, 0.6) is 0 Å². The highest BCUT2D eigenvalue weighted by Gasteiger charge is 2.27. The minimum atomic E-state index is -0.0767. The summed E-state index contributed by atoms with van der Waals surface area (Å²) in [4.78, 5) is 0. The molecule has 0 bridgehead atoms. The lowest BCUT2D eigenvalue weighted by Gasteiger charge is -2.06. The third kappa shape index (κ3) is 2.58. The number of hydrogen-bond donors (Lipinski definition) is 0. The van der Waals surface area contributed by atoms with Crippen LogP contribution in [0.4, 0.5) is 4.39 Å². The highest BCUT2D eigenvalue weighted by molar-refractivity contribution is 5.70. The van der Waals surface area contributed by atoms with E-state index in [1.165, 1.54) is 18.4 Å². The molecule has 1 aromatic rings. The van der Waals surface area contributed by atoms with E-state index in [0.29, 0.717) is 0 Å². The van der Waals surface area contributed by atoms with Crippen molar-refractivity contribution in [2.45, 2.75) is 45.4 Å². The van der Waals surface area contributed by atoms with E-state index in [-0.39, 0.29) is 5.82 Å². The monoisotopic (exact) mass is 258 g/mol. The van der Waals surface area contributed by atoms with Crippen LogP contribution < -0.4 is 0 Å².